The third-order valence-corrected chi connectivity index (χ3v) is 6.13. The van der Waals surface area contributed by atoms with E-state index in [0.717, 1.165) is 57.8 Å². The van der Waals surface area contributed by atoms with E-state index in [0.29, 0.717) is 45.3 Å². The lowest BCUT2D eigenvalue weighted by atomic mass is 10.1. The summed E-state index contributed by atoms with van der Waals surface area (Å²) in [7, 11) is 0. The summed E-state index contributed by atoms with van der Waals surface area (Å²) < 4.78 is 0. The second-order valence-corrected chi connectivity index (χ2v) is 9.69. The zero-order valence-electron chi connectivity index (χ0n) is 23.4. The van der Waals surface area contributed by atoms with Crippen molar-refractivity contribution in [2.75, 3.05) is 19.6 Å². The summed E-state index contributed by atoms with van der Waals surface area (Å²) in [4.78, 5) is 48.7. The fraction of sp³-hybridized carbons (Fsp3) is 0.857. The predicted molar refractivity (Wildman–Crippen MR) is 146 cm³/mol. The van der Waals surface area contributed by atoms with Crippen LogP contribution in [0, 0.1) is 0 Å². The molecular weight excluding hydrogens is 456 g/mol. The Morgan fingerprint density at radius 2 is 1.03 bits per heavy atom. The van der Waals surface area contributed by atoms with Crippen molar-refractivity contribution in [1.29, 1.82) is 0 Å². The average molecular weight is 511 g/mol. The summed E-state index contributed by atoms with van der Waals surface area (Å²) >= 11 is 0. The molecule has 0 aromatic heterocycles. The summed E-state index contributed by atoms with van der Waals surface area (Å²) in [6.07, 6.45) is 15.2. The maximum absolute atomic E-state index is 12.7. The van der Waals surface area contributed by atoms with E-state index in [1.807, 2.05) is 6.92 Å². The maximum Gasteiger partial charge on any atom is 0.242 e. The zero-order chi connectivity index (χ0) is 26.9. The first-order chi connectivity index (χ1) is 17.4. The molecule has 0 saturated carbocycles. The number of hydrogen-bond acceptors (Lipinski definition) is 4. The van der Waals surface area contributed by atoms with Gasteiger partial charge in [0.15, 0.2) is 0 Å². The minimum absolute atomic E-state index is 0.0253. The normalized spacial score (nSPS) is 11.5. The second-order valence-electron chi connectivity index (χ2n) is 9.69. The van der Waals surface area contributed by atoms with Crippen LogP contribution in [0.4, 0.5) is 0 Å². The number of amides is 4. The highest BCUT2D eigenvalue weighted by Crippen LogP contribution is 2.07. The monoisotopic (exact) mass is 510 g/mol. The molecule has 0 radical (unpaired) electrons. The van der Waals surface area contributed by atoms with Crippen molar-refractivity contribution in [3.63, 3.8) is 0 Å². The maximum atomic E-state index is 12.7. The lowest BCUT2D eigenvalue weighted by molar-refractivity contribution is -0.129. The van der Waals surface area contributed by atoms with Gasteiger partial charge in [-0.05, 0) is 38.5 Å². The van der Waals surface area contributed by atoms with E-state index in [-0.39, 0.29) is 23.6 Å². The number of unbranched alkanes of at least 4 members (excludes halogenated alkanes) is 9. The van der Waals surface area contributed by atoms with Gasteiger partial charge in [0.2, 0.25) is 23.6 Å². The van der Waals surface area contributed by atoms with E-state index in [9.17, 15) is 19.2 Å². The molecule has 0 spiro atoms. The first-order valence-electron chi connectivity index (χ1n) is 14.5. The van der Waals surface area contributed by atoms with Gasteiger partial charge in [0, 0.05) is 38.9 Å². The Bertz CT molecular complexity index is 598. The highest BCUT2D eigenvalue weighted by molar-refractivity contribution is 5.87. The van der Waals surface area contributed by atoms with Crippen LogP contribution in [0.3, 0.4) is 0 Å². The van der Waals surface area contributed by atoms with Gasteiger partial charge in [-0.2, -0.15) is 0 Å². The third-order valence-electron chi connectivity index (χ3n) is 6.13. The van der Waals surface area contributed by atoms with Crippen molar-refractivity contribution in [2.45, 2.75) is 136 Å². The molecule has 36 heavy (non-hydrogen) atoms. The van der Waals surface area contributed by atoms with Crippen LogP contribution >= 0.6 is 0 Å². The van der Waals surface area contributed by atoms with Crippen LogP contribution in [0.1, 0.15) is 130 Å². The van der Waals surface area contributed by atoms with Gasteiger partial charge < -0.3 is 21.3 Å². The van der Waals surface area contributed by atoms with E-state index in [1.54, 1.807) is 0 Å². The molecule has 0 heterocycles. The number of hydrogen-bond donors (Lipinski definition) is 4. The molecule has 210 valence electrons. The minimum Gasteiger partial charge on any atom is -0.356 e. The summed E-state index contributed by atoms with van der Waals surface area (Å²) in [6, 6.07) is -0.603. The van der Waals surface area contributed by atoms with Crippen molar-refractivity contribution in [2.24, 2.45) is 0 Å². The number of nitrogens with one attached hydrogen (secondary N) is 4. The Labute approximate surface area is 219 Å². The van der Waals surface area contributed by atoms with Crippen molar-refractivity contribution in [1.82, 2.24) is 21.3 Å². The Morgan fingerprint density at radius 1 is 0.500 bits per heavy atom. The quantitative estimate of drug-likeness (QED) is 0.143. The van der Waals surface area contributed by atoms with Crippen LogP contribution in [-0.4, -0.2) is 49.3 Å². The summed E-state index contributed by atoms with van der Waals surface area (Å²) in [5, 5.41) is 11.5. The zero-order valence-corrected chi connectivity index (χ0v) is 23.4. The Balaban J connectivity index is 4.38. The molecule has 0 aliphatic heterocycles. The molecule has 0 aliphatic carbocycles. The van der Waals surface area contributed by atoms with Crippen molar-refractivity contribution >= 4 is 23.6 Å². The minimum atomic E-state index is -0.603. The first kappa shape index (κ1) is 33.9. The smallest absolute Gasteiger partial charge is 0.242 e. The van der Waals surface area contributed by atoms with Gasteiger partial charge in [-0.1, -0.05) is 72.1 Å². The Morgan fingerprint density at radius 3 is 1.64 bits per heavy atom. The molecule has 4 amide bonds. The van der Waals surface area contributed by atoms with Crippen LogP contribution in [0.2, 0.25) is 0 Å². The number of rotatable bonds is 24. The summed E-state index contributed by atoms with van der Waals surface area (Å²) in [6.45, 7) is 7.55. The molecule has 0 aromatic rings. The number of carbonyl (C=O) groups excluding carboxylic acids is 4. The SMILES string of the molecule is CCCCCCCC(=O)NCCCCC(NC(=O)CCCCCCC)C(=O)NCCNC(=O)CCC. The molecule has 8 heteroatoms. The van der Waals surface area contributed by atoms with Crippen molar-refractivity contribution in [3.05, 3.63) is 0 Å². The van der Waals surface area contributed by atoms with E-state index >= 15 is 0 Å². The Hall–Kier alpha value is -2.12. The molecule has 4 N–H and O–H groups in total. The molecule has 0 bridgehead atoms. The van der Waals surface area contributed by atoms with Gasteiger partial charge >= 0.3 is 0 Å². The number of carbonyl (C=O) groups is 4. The molecule has 0 saturated heterocycles. The summed E-state index contributed by atoms with van der Waals surface area (Å²) in [5.74, 6) is -0.264. The lowest BCUT2D eigenvalue weighted by Gasteiger charge is -2.19. The van der Waals surface area contributed by atoms with Gasteiger partial charge in [0.1, 0.15) is 6.04 Å². The van der Waals surface area contributed by atoms with Crippen LogP contribution in [0.5, 0.6) is 0 Å². The molecule has 0 aromatic carbocycles. The molecule has 8 nitrogen and oxygen atoms in total. The van der Waals surface area contributed by atoms with Gasteiger partial charge in [-0.25, -0.2) is 0 Å². The summed E-state index contributed by atoms with van der Waals surface area (Å²) in [5.41, 5.74) is 0. The molecule has 0 fully saturated rings. The lowest BCUT2D eigenvalue weighted by Crippen LogP contribution is -2.48. The molecule has 0 aliphatic rings. The fourth-order valence-electron chi connectivity index (χ4n) is 3.93. The largest absolute Gasteiger partial charge is 0.356 e. The molecule has 0 rings (SSSR count). The van der Waals surface area contributed by atoms with Crippen LogP contribution in [0.15, 0.2) is 0 Å². The predicted octanol–water partition coefficient (Wildman–Crippen LogP) is 4.51. The Kier molecular flexibility index (Phi) is 23.1. The second kappa shape index (κ2) is 24.6. The third kappa shape index (κ3) is 21.2. The fourth-order valence-corrected chi connectivity index (χ4v) is 3.93. The van der Waals surface area contributed by atoms with Crippen LogP contribution in [-0.2, 0) is 19.2 Å². The highest BCUT2D eigenvalue weighted by Gasteiger charge is 2.20. The van der Waals surface area contributed by atoms with E-state index < -0.39 is 6.04 Å². The standard InChI is InChI=1S/C28H54N4O4/c1-4-7-9-11-13-19-26(34)29-21-16-15-18-24(32-27(35)20-14-12-10-8-5-2)28(36)31-23-22-30-25(33)17-6-3/h24H,4-23H2,1-3H3,(H,29,34)(H,30,33)(H,31,36)(H,32,35). The van der Waals surface area contributed by atoms with Gasteiger partial charge in [0.25, 0.3) is 0 Å². The van der Waals surface area contributed by atoms with Crippen LogP contribution < -0.4 is 21.3 Å². The molecule has 1 atom stereocenters. The van der Waals surface area contributed by atoms with E-state index in [4.69, 9.17) is 0 Å². The topological polar surface area (TPSA) is 116 Å². The van der Waals surface area contributed by atoms with Gasteiger partial charge in [-0.15, -0.1) is 0 Å². The average Bonchev–Trinajstić information content (AvgIpc) is 2.85. The molecule has 1 unspecified atom stereocenters. The van der Waals surface area contributed by atoms with E-state index in [1.165, 1.54) is 25.7 Å². The highest BCUT2D eigenvalue weighted by atomic mass is 16.2. The van der Waals surface area contributed by atoms with Crippen molar-refractivity contribution < 1.29 is 19.2 Å². The van der Waals surface area contributed by atoms with E-state index in [2.05, 4.69) is 35.1 Å². The molecular formula is C28H54N4O4. The van der Waals surface area contributed by atoms with Gasteiger partial charge in [-0.3, -0.25) is 19.2 Å². The van der Waals surface area contributed by atoms with Crippen molar-refractivity contribution in [3.8, 4) is 0 Å². The first-order valence-corrected chi connectivity index (χ1v) is 14.5. The van der Waals surface area contributed by atoms with Gasteiger partial charge in [0.05, 0.1) is 0 Å². The van der Waals surface area contributed by atoms with Crippen LogP contribution in [0.25, 0.3) is 0 Å².